The molecule has 4 fully saturated rings. The van der Waals surface area contributed by atoms with Gasteiger partial charge in [0.2, 0.25) is 0 Å². The maximum Gasteiger partial charge on any atom is 0.153 e. The first-order chi connectivity index (χ1) is 11.3. The van der Waals surface area contributed by atoms with Gasteiger partial charge in [-0.3, -0.25) is 0 Å². The number of rotatable bonds is 6. The van der Waals surface area contributed by atoms with E-state index in [0.717, 1.165) is 30.0 Å². The van der Waals surface area contributed by atoms with Gasteiger partial charge in [0.05, 0.1) is 5.69 Å². The Morgan fingerprint density at radius 3 is 2.38 bits per heavy atom. The van der Waals surface area contributed by atoms with Gasteiger partial charge in [0.15, 0.2) is 9.84 Å². The molecule has 4 aliphatic rings. The molecule has 4 aliphatic carbocycles. The van der Waals surface area contributed by atoms with Gasteiger partial charge in [-0.05, 0) is 68.6 Å². The molecule has 4 bridgehead atoms. The van der Waals surface area contributed by atoms with E-state index < -0.39 is 9.84 Å². The van der Waals surface area contributed by atoms with Gasteiger partial charge < -0.3 is 5.32 Å². The second-order valence-electron chi connectivity index (χ2n) is 8.69. The van der Waals surface area contributed by atoms with Crippen LogP contribution in [-0.4, -0.2) is 25.7 Å². The molecule has 24 heavy (non-hydrogen) atoms. The van der Waals surface area contributed by atoms with Crippen molar-refractivity contribution in [3.05, 3.63) is 16.1 Å². The van der Waals surface area contributed by atoms with Crippen LogP contribution in [0.25, 0.3) is 0 Å². The summed E-state index contributed by atoms with van der Waals surface area (Å²) in [5, 5.41) is 6.43. The van der Waals surface area contributed by atoms with Crippen LogP contribution >= 0.6 is 11.3 Å². The number of sulfone groups is 1. The summed E-state index contributed by atoms with van der Waals surface area (Å²) in [5.74, 6) is 2.98. The monoisotopic (exact) mass is 368 g/mol. The molecule has 0 aromatic carbocycles. The summed E-state index contributed by atoms with van der Waals surface area (Å²) < 4.78 is 22.8. The number of aromatic nitrogens is 1. The lowest BCUT2D eigenvalue weighted by atomic mass is 9.48. The van der Waals surface area contributed by atoms with E-state index in [-0.39, 0.29) is 5.75 Å². The Balaban J connectivity index is 1.38. The highest BCUT2D eigenvalue weighted by molar-refractivity contribution is 7.90. The number of hydrogen-bond acceptors (Lipinski definition) is 5. The zero-order valence-electron chi connectivity index (χ0n) is 14.6. The molecule has 1 aromatic rings. The second-order valence-corrected chi connectivity index (χ2v) is 11.8. The minimum absolute atomic E-state index is 0.0577. The van der Waals surface area contributed by atoms with Crippen LogP contribution in [0.3, 0.4) is 0 Å². The van der Waals surface area contributed by atoms with Crippen LogP contribution in [0.15, 0.2) is 5.38 Å². The van der Waals surface area contributed by atoms with Gasteiger partial charge in [-0.1, -0.05) is 0 Å². The first-order valence-corrected chi connectivity index (χ1v) is 12.1. The number of nitrogens with one attached hydrogen (secondary N) is 1. The van der Waals surface area contributed by atoms with E-state index in [4.69, 9.17) is 0 Å². The summed E-state index contributed by atoms with van der Waals surface area (Å²) >= 11 is 1.46. The van der Waals surface area contributed by atoms with Gasteiger partial charge in [0.25, 0.3) is 0 Å². The van der Waals surface area contributed by atoms with Crippen LogP contribution in [0.5, 0.6) is 0 Å². The lowest BCUT2D eigenvalue weighted by molar-refractivity contribution is -0.0707. The lowest BCUT2D eigenvalue weighted by Crippen LogP contribution is -2.54. The van der Waals surface area contributed by atoms with Crippen LogP contribution in [-0.2, 0) is 22.1 Å². The van der Waals surface area contributed by atoms with E-state index in [1.54, 1.807) is 0 Å². The number of hydrogen-bond donors (Lipinski definition) is 1. The first kappa shape index (κ1) is 17.0. The van der Waals surface area contributed by atoms with Crippen molar-refractivity contribution in [3.8, 4) is 0 Å². The largest absolute Gasteiger partial charge is 0.308 e. The van der Waals surface area contributed by atoms with Gasteiger partial charge >= 0.3 is 0 Å². The molecule has 0 amide bonds. The van der Waals surface area contributed by atoms with Crippen LogP contribution in [0.2, 0.25) is 0 Å². The zero-order chi connectivity index (χ0) is 16.9. The average molecular weight is 369 g/mol. The highest BCUT2D eigenvalue weighted by Gasteiger charge is 2.52. The minimum atomic E-state index is -3.00. The molecule has 4 saturated carbocycles. The summed E-state index contributed by atoms with van der Waals surface area (Å²) in [5.41, 5.74) is 1.48. The summed E-state index contributed by atoms with van der Waals surface area (Å²) in [7, 11) is -3.00. The molecule has 0 saturated heterocycles. The van der Waals surface area contributed by atoms with E-state index in [2.05, 4.69) is 17.2 Å². The van der Waals surface area contributed by atoms with Crippen molar-refractivity contribution in [1.29, 1.82) is 0 Å². The van der Waals surface area contributed by atoms with E-state index in [9.17, 15) is 8.42 Å². The Labute approximate surface area is 149 Å². The molecule has 0 radical (unpaired) electrons. The van der Waals surface area contributed by atoms with Crippen molar-refractivity contribution in [3.63, 3.8) is 0 Å². The molecular formula is C18H28N2O2S2. The third kappa shape index (κ3) is 3.42. The van der Waals surface area contributed by atoms with E-state index >= 15 is 0 Å². The molecule has 1 heterocycles. The number of thiazole rings is 1. The Hall–Kier alpha value is -0.460. The van der Waals surface area contributed by atoms with E-state index in [1.807, 2.05) is 5.38 Å². The standard InChI is InChI=1S/C18H28N2O2S2/c1-12(18-6-13-3-14(7-18)5-15(4-13)8-18)19-9-16-10-23-17(20-16)11-24(2,21)22/h10,12-15,19H,3-9,11H2,1-2H3. The minimum Gasteiger partial charge on any atom is -0.308 e. The Bertz CT molecular complexity index is 675. The van der Waals surface area contributed by atoms with Crippen molar-refractivity contribution in [1.82, 2.24) is 10.3 Å². The van der Waals surface area contributed by atoms with Crippen molar-refractivity contribution in [2.45, 2.75) is 63.8 Å². The van der Waals surface area contributed by atoms with Crippen LogP contribution in [0.4, 0.5) is 0 Å². The van der Waals surface area contributed by atoms with Gasteiger partial charge in [-0.25, -0.2) is 13.4 Å². The van der Waals surface area contributed by atoms with E-state index in [1.165, 1.54) is 56.1 Å². The molecular weight excluding hydrogens is 340 g/mol. The summed E-state index contributed by atoms with van der Waals surface area (Å²) in [4.78, 5) is 4.49. The van der Waals surface area contributed by atoms with Crippen molar-refractivity contribution in [2.24, 2.45) is 23.2 Å². The molecule has 0 spiro atoms. The SMILES string of the molecule is CC(NCc1csc(CS(C)(=O)=O)n1)C12CC3CC(CC(C3)C1)C2. The molecule has 1 aromatic heterocycles. The average Bonchev–Trinajstić information content (AvgIpc) is 2.88. The van der Waals surface area contributed by atoms with Crippen molar-refractivity contribution in [2.75, 3.05) is 6.26 Å². The quantitative estimate of drug-likeness (QED) is 0.836. The van der Waals surface area contributed by atoms with Gasteiger partial charge in [-0.15, -0.1) is 11.3 Å². The highest BCUT2D eigenvalue weighted by atomic mass is 32.2. The fourth-order valence-corrected chi connectivity index (χ4v) is 7.91. The number of nitrogens with zero attached hydrogens (tertiary/aromatic N) is 1. The van der Waals surface area contributed by atoms with Gasteiger partial charge in [-0.2, -0.15) is 0 Å². The van der Waals surface area contributed by atoms with Crippen molar-refractivity contribution >= 4 is 21.2 Å². The van der Waals surface area contributed by atoms with Crippen molar-refractivity contribution < 1.29 is 8.42 Å². The summed E-state index contributed by atoms with van der Waals surface area (Å²) in [6.45, 7) is 3.11. The fourth-order valence-electron chi connectivity index (χ4n) is 5.90. The second kappa shape index (κ2) is 6.06. The topological polar surface area (TPSA) is 59.1 Å². The zero-order valence-corrected chi connectivity index (χ0v) is 16.3. The van der Waals surface area contributed by atoms with Crippen LogP contribution < -0.4 is 5.32 Å². The maximum atomic E-state index is 11.4. The van der Waals surface area contributed by atoms with Gasteiger partial charge in [0, 0.05) is 24.2 Å². The fraction of sp³-hybridized carbons (Fsp3) is 0.833. The molecule has 134 valence electrons. The molecule has 0 aliphatic heterocycles. The predicted molar refractivity (Wildman–Crippen MR) is 97.6 cm³/mol. The molecule has 1 atom stereocenters. The predicted octanol–water partition coefficient (Wildman–Crippen LogP) is 3.38. The maximum absolute atomic E-state index is 11.4. The summed E-state index contributed by atoms with van der Waals surface area (Å²) in [6.07, 6.45) is 9.92. The first-order valence-electron chi connectivity index (χ1n) is 9.16. The Morgan fingerprint density at radius 2 is 1.83 bits per heavy atom. The third-order valence-corrected chi connectivity index (χ3v) is 8.46. The molecule has 4 nitrogen and oxygen atoms in total. The molecule has 1 N–H and O–H groups in total. The third-order valence-electron chi connectivity index (χ3n) is 6.58. The van der Waals surface area contributed by atoms with Crippen LogP contribution in [0.1, 0.15) is 56.2 Å². The normalized spacial score (nSPS) is 36.2. The molecule has 5 rings (SSSR count). The smallest absolute Gasteiger partial charge is 0.153 e. The lowest BCUT2D eigenvalue weighted by Gasteiger charge is -2.59. The molecule has 1 unspecified atom stereocenters. The summed E-state index contributed by atoms with van der Waals surface area (Å²) in [6, 6.07) is 0.519. The van der Waals surface area contributed by atoms with E-state index in [0.29, 0.717) is 16.5 Å². The van der Waals surface area contributed by atoms with Crippen LogP contribution in [0, 0.1) is 23.2 Å². The molecule has 6 heteroatoms. The Morgan fingerprint density at radius 1 is 1.25 bits per heavy atom. The van der Waals surface area contributed by atoms with Gasteiger partial charge in [0.1, 0.15) is 10.8 Å². The highest BCUT2D eigenvalue weighted by Crippen LogP contribution is 2.61. The Kier molecular flexibility index (Phi) is 4.29.